The summed E-state index contributed by atoms with van der Waals surface area (Å²) in [5, 5.41) is 13.0. The second kappa shape index (κ2) is 8.99. The van der Waals surface area contributed by atoms with Crippen LogP contribution >= 0.6 is 0 Å². The van der Waals surface area contributed by atoms with Gasteiger partial charge in [0, 0.05) is 23.4 Å². The number of methoxy groups -OCH3 is 1. The van der Waals surface area contributed by atoms with Crippen LogP contribution in [0.4, 0.5) is 13.2 Å². The number of nitrogens with zero attached hydrogens (tertiary/aromatic N) is 2. The summed E-state index contributed by atoms with van der Waals surface area (Å²) in [5.41, 5.74) is 4.99. The minimum atomic E-state index is -4.62. The Hall–Kier alpha value is -3.18. The number of hydrogen-bond donors (Lipinski definition) is 3. The molecule has 1 aliphatic rings. The van der Waals surface area contributed by atoms with Crippen LogP contribution in [-0.2, 0) is 12.7 Å². The number of hydrogen-bond acceptors (Lipinski definition) is 7. The Labute approximate surface area is 187 Å². The van der Waals surface area contributed by atoms with Crippen LogP contribution in [0.25, 0.3) is 22.4 Å². The molecule has 4 rings (SSSR count). The zero-order chi connectivity index (χ0) is 23.8. The van der Waals surface area contributed by atoms with E-state index in [0.29, 0.717) is 23.9 Å². The summed E-state index contributed by atoms with van der Waals surface area (Å²) in [6, 6.07) is 5.15. The van der Waals surface area contributed by atoms with Gasteiger partial charge in [-0.2, -0.15) is 13.2 Å². The number of carbonyl (C=O) groups excluding carboxylic acids is 1. The number of aliphatic hydroxyl groups is 1. The number of halogens is 3. The van der Waals surface area contributed by atoms with Gasteiger partial charge in [0.1, 0.15) is 17.0 Å². The first kappa shape index (κ1) is 23.0. The van der Waals surface area contributed by atoms with Crippen LogP contribution in [0.5, 0.6) is 5.75 Å². The summed E-state index contributed by atoms with van der Waals surface area (Å²) in [6.45, 7) is 0.189. The molecule has 11 heteroatoms. The first-order valence-electron chi connectivity index (χ1n) is 10.4. The number of nitrogens with one attached hydrogen (secondary N) is 1. The molecule has 176 valence electrons. The molecule has 8 nitrogen and oxygen atoms in total. The maximum atomic E-state index is 13.2. The summed E-state index contributed by atoms with van der Waals surface area (Å²) in [5.74, 6) is -0.214. The standard InChI is InChI=1S/C22H23F3N4O4/c1-32-15-7-5-13(12-6-8-17(22(23,24)25)28-18(12)15)21-29-19(16(9-26)33-21)20(31)27-10-11-3-2-4-14(11)30/h5-8,11,14,30H,2-4,9-10,26H2,1H3,(H,27,31)/t11?,14-/m1/s1. The number of nitrogens with two attached hydrogens (primary N) is 1. The lowest BCUT2D eigenvalue weighted by Crippen LogP contribution is -2.33. The number of ether oxygens (including phenoxy) is 1. The van der Waals surface area contributed by atoms with E-state index in [1.165, 1.54) is 19.2 Å². The maximum absolute atomic E-state index is 13.2. The fourth-order valence-corrected chi connectivity index (χ4v) is 4.05. The molecule has 1 saturated carbocycles. The zero-order valence-electron chi connectivity index (χ0n) is 17.8. The molecule has 1 amide bonds. The van der Waals surface area contributed by atoms with Gasteiger partial charge in [0.15, 0.2) is 11.5 Å². The Balaban J connectivity index is 1.69. The quantitative estimate of drug-likeness (QED) is 0.512. The number of rotatable bonds is 6. The Kier molecular flexibility index (Phi) is 6.26. The lowest BCUT2D eigenvalue weighted by atomic mass is 10.1. The molecule has 3 aromatic rings. The molecular formula is C22H23F3N4O4. The monoisotopic (exact) mass is 464 g/mol. The Morgan fingerprint density at radius 2 is 2.06 bits per heavy atom. The molecule has 1 fully saturated rings. The summed E-state index contributed by atoms with van der Waals surface area (Å²) in [7, 11) is 1.33. The van der Waals surface area contributed by atoms with Crippen molar-refractivity contribution in [3.63, 3.8) is 0 Å². The van der Waals surface area contributed by atoms with Gasteiger partial charge in [-0.1, -0.05) is 6.42 Å². The topological polar surface area (TPSA) is 124 Å². The van der Waals surface area contributed by atoms with Crippen molar-refractivity contribution in [1.29, 1.82) is 0 Å². The van der Waals surface area contributed by atoms with Gasteiger partial charge in [-0.3, -0.25) is 4.79 Å². The van der Waals surface area contributed by atoms with Gasteiger partial charge in [-0.05, 0) is 37.1 Å². The molecule has 2 atom stereocenters. The van der Waals surface area contributed by atoms with Crippen LogP contribution in [0.15, 0.2) is 28.7 Å². The lowest BCUT2D eigenvalue weighted by Gasteiger charge is -2.14. The van der Waals surface area contributed by atoms with Gasteiger partial charge < -0.3 is 25.3 Å². The Bertz CT molecular complexity index is 1180. The van der Waals surface area contributed by atoms with Gasteiger partial charge in [0.05, 0.1) is 19.8 Å². The molecule has 1 aliphatic carbocycles. The molecule has 2 heterocycles. The number of amides is 1. The number of aliphatic hydroxyl groups excluding tert-OH is 1. The largest absolute Gasteiger partial charge is 0.494 e. The van der Waals surface area contributed by atoms with Crippen LogP contribution in [-0.4, -0.2) is 40.7 Å². The van der Waals surface area contributed by atoms with E-state index in [4.69, 9.17) is 14.9 Å². The first-order chi connectivity index (χ1) is 15.7. The van der Waals surface area contributed by atoms with E-state index in [2.05, 4.69) is 15.3 Å². The third-order valence-corrected chi connectivity index (χ3v) is 5.80. The predicted molar refractivity (Wildman–Crippen MR) is 112 cm³/mol. The average molecular weight is 464 g/mol. The summed E-state index contributed by atoms with van der Waals surface area (Å²) < 4.78 is 50.4. The Morgan fingerprint density at radius 3 is 2.70 bits per heavy atom. The van der Waals surface area contributed by atoms with Crippen LogP contribution in [0.3, 0.4) is 0 Å². The molecular weight excluding hydrogens is 441 g/mol. The van der Waals surface area contributed by atoms with Gasteiger partial charge in [0.25, 0.3) is 5.91 Å². The van der Waals surface area contributed by atoms with Gasteiger partial charge in [-0.25, -0.2) is 9.97 Å². The molecule has 0 saturated heterocycles. The average Bonchev–Trinajstić information content (AvgIpc) is 3.41. The Morgan fingerprint density at radius 1 is 1.27 bits per heavy atom. The van der Waals surface area contributed by atoms with Gasteiger partial charge in [-0.15, -0.1) is 0 Å². The minimum absolute atomic E-state index is 0.0103. The van der Waals surface area contributed by atoms with Crippen molar-refractivity contribution in [2.24, 2.45) is 11.7 Å². The number of fused-ring (bicyclic) bond motifs is 1. The number of pyridine rings is 1. The molecule has 33 heavy (non-hydrogen) atoms. The molecule has 1 aromatic carbocycles. The highest BCUT2D eigenvalue weighted by molar-refractivity contribution is 5.98. The summed E-state index contributed by atoms with van der Waals surface area (Å²) in [6.07, 6.45) is -2.65. The van der Waals surface area contributed by atoms with Crippen molar-refractivity contribution in [2.75, 3.05) is 13.7 Å². The molecule has 0 aliphatic heterocycles. The van der Waals surface area contributed by atoms with E-state index in [1.54, 1.807) is 6.07 Å². The molecule has 0 spiro atoms. The van der Waals surface area contributed by atoms with Crippen molar-refractivity contribution in [2.45, 2.75) is 38.1 Å². The van der Waals surface area contributed by atoms with E-state index in [0.717, 1.165) is 18.9 Å². The number of oxazole rings is 1. The fourth-order valence-electron chi connectivity index (χ4n) is 4.05. The fraction of sp³-hybridized carbons (Fsp3) is 0.409. The maximum Gasteiger partial charge on any atom is 0.433 e. The normalized spacial score (nSPS) is 18.6. The van der Waals surface area contributed by atoms with Crippen LogP contribution < -0.4 is 15.8 Å². The minimum Gasteiger partial charge on any atom is -0.494 e. The molecule has 0 bridgehead atoms. The van der Waals surface area contributed by atoms with E-state index < -0.39 is 23.9 Å². The highest BCUT2D eigenvalue weighted by atomic mass is 19.4. The SMILES string of the molecule is COc1ccc(-c2nc(C(=O)NCC3CCC[C@H]3O)c(CN)o2)c2ccc(C(F)(F)F)nc12. The van der Waals surface area contributed by atoms with Crippen molar-refractivity contribution >= 4 is 16.8 Å². The van der Waals surface area contributed by atoms with E-state index in [1.807, 2.05) is 0 Å². The number of alkyl halides is 3. The van der Waals surface area contributed by atoms with Crippen molar-refractivity contribution < 1.29 is 32.2 Å². The van der Waals surface area contributed by atoms with E-state index >= 15 is 0 Å². The van der Waals surface area contributed by atoms with Crippen molar-refractivity contribution in [1.82, 2.24) is 15.3 Å². The van der Waals surface area contributed by atoms with Crippen molar-refractivity contribution in [3.05, 3.63) is 41.4 Å². The lowest BCUT2D eigenvalue weighted by molar-refractivity contribution is -0.140. The van der Waals surface area contributed by atoms with Gasteiger partial charge in [0.2, 0.25) is 5.89 Å². The highest BCUT2D eigenvalue weighted by Crippen LogP contribution is 2.37. The van der Waals surface area contributed by atoms with E-state index in [-0.39, 0.29) is 41.1 Å². The number of aromatic nitrogens is 2. The predicted octanol–water partition coefficient (Wildman–Crippen LogP) is 3.27. The smallest absolute Gasteiger partial charge is 0.433 e. The van der Waals surface area contributed by atoms with Crippen LogP contribution in [0.2, 0.25) is 0 Å². The van der Waals surface area contributed by atoms with Crippen LogP contribution in [0, 0.1) is 5.92 Å². The second-order valence-corrected chi connectivity index (χ2v) is 7.87. The first-order valence-corrected chi connectivity index (χ1v) is 10.4. The van der Waals surface area contributed by atoms with E-state index in [9.17, 15) is 23.1 Å². The number of carbonyl (C=O) groups is 1. The molecule has 4 N–H and O–H groups in total. The zero-order valence-corrected chi connectivity index (χ0v) is 17.8. The van der Waals surface area contributed by atoms with Gasteiger partial charge >= 0.3 is 6.18 Å². The third-order valence-electron chi connectivity index (χ3n) is 5.80. The third kappa shape index (κ3) is 4.51. The second-order valence-electron chi connectivity index (χ2n) is 7.87. The van der Waals surface area contributed by atoms with Crippen molar-refractivity contribution in [3.8, 4) is 17.2 Å². The molecule has 2 aromatic heterocycles. The van der Waals surface area contributed by atoms with Crippen LogP contribution in [0.1, 0.15) is 41.2 Å². The summed E-state index contributed by atoms with van der Waals surface area (Å²) in [4.78, 5) is 20.7. The molecule has 0 radical (unpaired) electrons. The number of benzene rings is 1. The molecule has 1 unspecified atom stereocenters. The summed E-state index contributed by atoms with van der Waals surface area (Å²) >= 11 is 0. The highest BCUT2D eigenvalue weighted by Gasteiger charge is 2.33.